The first-order chi connectivity index (χ1) is 25.1. The third-order valence-electron chi connectivity index (χ3n) is 9.20. The first kappa shape index (κ1) is 42.3. The van der Waals surface area contributed by atoms with E-state index < -0.39 is 48.0 Å². The maximum absolute atomic E-state index is 13.0. The molecule has 1 aromatic rings. The smallest absolute Gasteiger partial charge is 0.426 e. The highest BCUT2D eigenvalue weighted by molar-refractivity contribution is 8.76. The number of nitrogens with zero attached hydrogens (tertiary/aromatic N) is 2. The molecule has 0 radical (unpaired) electrons. The van der Waals surface area contributed by atoms with Gasteiger partial charge in [-0.3, -0.25) is 19.8 Å². The van der Waals surface area contributed by atoms with E-state index in [9.17, 15) is 29.4 Å². The Labute approximate surface area is 318 Å². The van der Waals surface area contributed by atoms with Crippen LogP contribution in [0.5, 0.6) is 0 Å². The topological polar surface area (TPSA) is 189 Å². The number of carboxylic acid groups (broad SMARTS) is 1. The number of carbonyl (C=O) groups excluding carboxylic acids is 3. The van der Waals surface area contributed by atoms with Crippen molar-refractivity contribution in [1.82, 2.24) is 20.7 Å². The molecular weight excluding hydrogens is 725 g/mol. The molecule has 10 atom stereocenters. The van der Waals surface area contributed by atoms with Gasteiger partial charge in [0, 0.05) is 30.9 Å². The molecular formula is C37H52N4O10S2. The number of rotatable bonds is 15. The molecule has 1 aromatic heterocycles. The number of amides is 3. The molecule has 3 aliphatic rings. The molecule has 16 heteroatoms. The van der Waals surface area contributed by atoms with Gasteiger partial charge in [-0.05, 0) is 68.5 Å². The second kappa shape index (κ2) is 19.8. The lowest BCUT2D eigenvalue weighted by Gasteiger charge is -2.39. The molecule has 292 valence electrons. The van der Waals surface area contributed by atoms with Crippen molar-refractivity contribution in [1.29, 1.82) is 0 Å². The standard InChI is InChI=1S/C37H52N4O10S2/c1-22(10-13-30-23(2)17-29(26(5)50-30)39-32(43)15-12-24(3)49-27(6)42)11-14-31-35(45)37(21-48-37)19-28(51-31)18-33(44)40-41(36(46)47)20-25(4)52-53-34-9-7-8-16-38-34/h7-12,14-16,23-26,28-31,35,45H,13,17-21H2,1-6H3,(H,39,43)(H,40,44)(H,46,47)/t23-,24-,25+,26+,28+,29+,30-,31+,35+,37+/m0/s1. The number of pyridine rings is 1. The van der Waals surface area contributed by atoms with Gasteiger partial charge in [-0.25, -0.2) is 14.8 Å². The van der Waals surface area contributed by atoms with Crippen LogP contribution >= 0.6 is 21.6 Å². The minimum Gasteiger partial charge on any atom is -0.464 e. The molecule has 4 N–H and O–H groups in total. The zero-order valence-electron chi connectivity index (χ0n) is 31.0. The Balaban J connectivity index is 1.25. The Morgan fingerprint density at radius 3 is 2.58 bits per heavy atom. The zero-order valence-corrected chi connectivity index (χ0v) is 32.6. The highest BCUT2D eigenvalue weighted by Crippen LogP contribution is 2.43. The van der Waals surface area contributed by atoms with Gasteiger partial charge in [-0.15, -0.1) is 0 Å². The molecule has 4 heterocycles. The summed E-state index contributed by atoms with van der Waals surface area (Å²) in [6, 6.07) is 5.40. The monoisotopic (exact) mass is 776 g/mol. The number of carbonyl (C=O) groups is 4. The lowest BCUT2D eigenvalue weighted by Crippen LogP contribution is -2.52. The predicted octanol–water partition coefficient (Wildman–Crippen LogP) is 4.60. The highest BCUT2D eigenvalue weighted by atomic mass is 33.1. The zero-order chi connectivity index (χ0) is 38.7. The minimum atomic E-state index is -1.27. The Kier molecular flexibility index (Phi) is 15.8. The number of epoxide rings is 1. The molecule has 4 rings (SSSR count). The largest absolute Gasteiger partial charge is 0.464 e. The van der Waals surface area contributed by atoms with E-state index in [-0.39, 0.29) is 48.3 Å². The van der Waals surface area contributed by atoms with Crippen molar-refractivity contribution in [3.05, 3.63) is 60.3 Å². The number of hydrogen-bond donors (Lipinski definition) is 4. The lowest BCUT2D eigenvalue weighted by molar-refractivity contribution is -0.147. The van der Waals surface area contributed by atoms with Crippen LogP contribution in [0.2, 0.25) is 0 Å². The van der Waals surface area contributed by atoms with Crippen LogP contribution < -0.4 is 10.7 Å². The number of allylic oxidation sites excluding steroid dienone is 2. The van der Waals surface area contributed by atoms with E-state index in [0.717, 1.165) is 22.0 Å². The van der Waals surface area contributed by atoms with Gasteiger partial charge in [0.1, 0.15) is 28.9 Å². The number of aromatic nitrogens is 1. The normalized spacial score (nSPS) is 29.8. The summed E-state index contributed by atoms with van der Waals surface area (Å²) in [5, 5.41) is 25.3. The van der Waals surface area contributed by atoms with Crippen molar-refractivity contribution >= 4 is 45.5 Å². The van der Waals surface area contributed by atoms with Crippen LogP contribution in [0, 0.1) is 5.92 Å². The lowest BCUT2D eigenvalue weighted by atomic mass is 9.87. The van der Waals surface area contributed by atoms with E-state index in [0.29, 0.717) is 19.4 Å². The van der Waals surface area contributed by atoms with E-state index in [2.05, 4.69) is 28.7 Å². The number of ether oxygens (including phenoxy) is 4. The van der Waals surface area contributed by atoms with Crippen LogP contribution in [-0.2, 0) is 33.3 Å². The van der Waals surface area contributed by atoms with Gasteiger partial charge in [-0.1, -0.05) is 54.5 Å². The van der Waals surface area contributed by atoms with Gasteiger partial charge in [0.2, 0.25) is 11.8 Å². The molecule has 3 saturated heterocycles. The van der Waals surface area contributed by atoms with E-state index in [4.69, 9.17) is 18.9 Å². The molecule has 0 unspecified atom stereocenters. The summed E-state index contributed by atoms with van der Waals surface area (Å²) in [7, 11) is 2.89. The summed E-state index contributed by atoms with van der Waals surface area (Å²) >= 11 is 0. The quantitative estimate of drug-likeness (QED) is 0.0484. The first-order valence-electron chi connectivity index (χ1n) is 17.8. The Morgan fingerprint density at radius 2 is 1.92 bits per heavy atom. The summed E-state index contributed by atoms with van der Waals surface area (Å²) in [6.45, 7) is 11.2. The van der Waals surface area contributed by atoms with E-state index >= 15 is 0 Å². The average Bonchev–Trinajstić information content (AvgIpc) is 3.87. The summed E-state index contributed by atoms with van der Waals surface area (Å²) in [4.78, 5) is 52.8. The molecule has 1 spiro atoms. The van der Waals surface area contributed by atoms with Crippen molar-refractivity contribution in [3.63, 3.8) is 0 Å². The van der Waals surface area contributed by atoms with Gasteiger partial charge < -0.3 is 34.5 Å². The summed E-state index contributed by atoms with van der Waals surface area (Å²) in [5.74, 6) is -1.03. The molecule has 0 aliphatic carbocycles. The molecule has 0 bridgehead atoms. The van der Waals surface area contributed by atoms with Gasteiger partial charge >= 0.3 is 12.1 Å². The number of aliphatic hydroxyl groups is 1. The average molecular weight is 777 g/mol. The summed E-state index contributed by atoms with van der Waals surface area (Å²) in [5.41, 5.74) is 2.62. The molecule has 3 amide bonds. The van der Waals surface area contributed by atoms with E-state index in [1.807, 2.05) is 45.0 Å². The van der Waals surface area contributed by atoms with Gasteiger partial charge in [0.25, 0.3) is 0 Å². The van der Waals surface area contributed by atoms with Crippen LogP contribution in [0.4, 0.5) is 4.79 Å². The van der Waals surface area contributed by atoms with Crippen molar-refractivity contribution in [2.45, 2.75) is 126 Å². The number of esters is 1. The van der Waals surface area contributed by atoms with Crippen LogP contribution in [0.25, 0.3) is 0 Å². The van der Waals surface area contributed by atoms with Gasteiger partial charge in [0.05, 0.1) is 43.9 Å². The van der Waals surface area contributed by atoms with Crippen molar-refractivity contribution < 1.29 is 48.3 Å². The van der Waals surface area contributed by atoms with Crippen LogP contribution in [0.3, 0.4) is 0 Å². The number of hydrogen-bond acceptors (Lipinski definition) is 12. The Hall–Kier alpha value is -3.41. The van der Waals surface area contributed by atoms with E-state index in [1.54, 1.807) is 19.2 Å². The molecule has 3 aliphatic heterocycles. The van der Waals surface area contributed by atoms with Gasteiger partial charge in [0.15, 0.2) is 0 Å². The number of aliphatic hydroxyl groups excluding tert-OH is 1. The fourth-order valence-electron chi connectivity index (χ4n) is 6.28. The maximum Gasteiger partial charge on any atom is 0.426 e. The predicted molar refractivity (Wildman–Crippen MR) is 201 cm³/mol. The maximum atomic E-state index is 13.0. The summed E-state index contributed by atoms with van der Waals surface area (Å²) < 4.78 is 23.1. The van der Waals surface area contributed by atoms with Crippen molar-refractivity contribution in [2.24, 2.45) is 5.92 Å². The summed E-state index contributed by atoms with van der Waals surface area (Å²) in [6.07, 6.45) is 7.56. The molecule has 53 heavy (non-hydrogen) atoms. The Bertz CT molecular complexity index is 1510. The molecule has 3 fully saturated rings. The van der Waals surface area contributed by atoms with Crippen LogP contribution in [0.1, 0.15) is 67.2 Å². The minimum absolute atomic E-state index is 0.0600. The molecule has 14 nitrogen and oxygen atoms in total. The SMILES string of the molecule is CC(=O)O[C@@H](C)C=CC(=O)N[C@@H]1C[C@H](C)[C@H](CC=C(C)C=C[C@H]2O[C@H](CC(=O)NN(C[C@@H](C)SSc3ccccn3)C(=O)O)C[C@@]3(CO3)[C@@H]2O)O[C@@H]1C. The third-order valence-corrected chi connectivity index (χ3v) is 12.0. The highest BCUT2D eigenvalue weighted by Gasteiger charge is 2.58. The Morgan fingerprint density at radius 1 is 1.17 bits per heavy atom. The van der Waals surface area contributed by atoms with Crippen molar-refractivity contribution in [2.75, 3.05) is 13.2 Å². The molecule has 0 saturated carbocycles. The fraction of sp³-hybridized carbons (Fsp3) is 0.595. The van der Waals surface area contributed by atoms with Crippen LogP contribution in [0.15, 0.2) is 65.4 Å². The van der Waals surface area contributed by atoms with Gasteiger partial charge in [-0.2, -0.15) is 0 Å². The number of hydrazine groups is 1. The molecule has 0 aromatic carbocycles. The second-order valence-corrected chi connectivity index (χ2v) is 16.6. The van der Waals surface area contributed by atoms with Crippen LogP contribution in [-0.4, -0.2) is 111 Å². The first-order valence-corrected chi connectivity index (χ1v) is 20.0. The van der Waals surface area contributed by atoms with E-state index in [1.165, 1.54) is 40.7 Å². The second-order valence-electron chi connectivity index (χ2n) is 13.9. The fourth-order valence-corrected chi connectivity index (χ4v) is 8.25. The third kappa shape index (κ3) is 13.4. The number of nitrogens with one attached hydrogen (secondary N) is 2. The van der Waals surface area contributed by atoms with Crippen molar-refractivity contribution in [3.8, 4) is 0 Å².